The maximum Gasteiger partial charge on any atom is 0.416 e. The Morgan fingerprint density at radius 3 is 2.58 bits per heavy atom. The van der Waals surface area contributed by atoms with E-state index in [0.717, 1.165) is 4.90 Å². The van der Waals surface area contributed by atoms with Crippen LogP contribution in [0.1, 0.15) is 13.3 Å². The van der Waals surface area contributed by atoms with Crippen LogP contribution in [-0.2, 0) is 4.79 Å². The highest BCUT2D eigenvalue weighted by Gasteiger charge is 2.50. The normalized spacial score (nSPS) is 21.7. The Hall–Kier alpha value is -1.46. The number of amides is 1. The second-order valence-corrected chi connectivity index (χ2v) is 5.27. The number of hydrogen-bond acceptors (Lipinski definition) is 3. The Labute approximate surface area is 119 Å². The van der Waals surface area contributed by atoms with Crippen LogP contribution in [0.2, 0.25) is 10.0 Å². The summed E-state index contributed by atoms with van der Waals surface area (Å²) in [4.78, 5) is 24.1. The predicted octanol–water partition coefficient (Wildman–Crippen LogP) is 3.04. The third-order valence-corrected chi connectivity index (χ3v) is 3.72. The van der Waals surface area contributed by atoms with Gasteiger partial charge in [0.1, 0.15) is 5.54 Å². The van der Waals surface area contributed by atoms with Crippen LogP contribution < -0.4 is 4.74 Å². The molecule has 1 aliphatic heterocycles. The van der Waals surface area contributed by atoms with E-state index >= 15 is 0 Å². The number of carboxylic acid groups (broad SMARTS) is 1. The van der Waals surface area contributed by atoms with Gasteiger partial charge in [0.25, 0.3) is 0 Å². The summed E-state index contributed by atoms with van der Waals surface area (Å²) in [5, 5.41) is 9.69. The highest BCUT2D eigenvalue weighted by Crippen LogP contribution is 2.33. The van der Waals surface area contributed by atoms with Crippen molar-refractivity contribution in [2.75, 3.05) is 6.54 Å². The van der Waals surface area contributed by atoms with E-state index in [0.29, 0.717) is 18.0 Å². The third-order valence-electron chi connectivity index (χ3n) is 3.19. The Balaban J connectivity index is 2.12. The van der Waals surface area contributed by atoms with E-state index in [1.165, 1.54) is 25.1 Å². The fraction of sp³-hybridized carbons (Fsp3) is 0.333. The Morgan fingerprint density at radius 2 is 2.11 bits per heavy atom. The second-order valence-electron chi connectivity index (χ2n) is 4.42. The highest BCUT2D eigenvalue weighted by atomic mass is 35.5. The summed E-state index contributed by atoms with van der Waals surface area (Å²) in [5.41, 5.74) is -1.21. The molecule has 0 bridgehead atoms. The van der Waals surface area contributed by atoms with E-state index in [9.17, 15) is 9.59 Å². The van der Waals surface area contributed by atoms with Gasteiger partial charge in [-0.25, -0.2) is 9.59 Å². The first kappa shape index (κ1) is 14.0. The molecule has 7 heteroatoms. The van der Waals surface area contributed by atoms with E-state index in [1.54, 1.807) is 0 Å². The minimum atomic E-state index is -1.21. The molecule has 1 amide bonds. The van der Waals surface area contributed by atoms with Crippen molar-refractivity contribution >= 4 is 35.3 Å². The fourth-order valence-corrected chi connectivity index (χ4v) is 2.23. The predicted molar refractivity (Wildman–Crippen MR) is 69.8 cm³/mol. The smallest absolute Gasteiger partial charge is 0.416 e. The lowest BCUT2D eigenvalue weighted by Crippen LogP contribution is -2.65. The summed E-state index contributed by atoms with van der Waals surface area (Å²) in [5.74, 6) is -0.909. The van der Waals surface area contributed by atoms with Crippen molar-refractivity contribution in [1.82, 2.24) is 4.90 Å². The molecule has 1 fully saturated rings. The molecule has 0 radical (unpaired) electrons. The number of rotatable bonds is 2. The molecular weight excluding hydrogens is 293 g/mol. The van der Waals surface area contributed by atoms with E-state index in [-0.39, 0.29) is 10.8 Å². The number of likely N-dealkylation sites (tertiary alicyclic amines) is 1. The van der Waals surface area contributed by atoms with E-state index in [1.807, 2.05) is 0 Å². The molecule has 0 aromatic heterocycles. The average Bonchev–Trinajstić information content (AvgIpc) is 2.30. The van der Waals surface area contributed by atoms with Crippen molar-refractivity contribution in [3.05, 3.63) is 28.2 Å². The van der Waals surface area contributed by atoms with Crippen molar-refractivity contribution in [3.63, 3.8) is 0 Å². The number of ether oxygens (including phenoxy) is 1. The molecule has 1 aromatic carbocycles. The second kappa shape index (κ2) is 4.90. The Bertz CT molecular complexity index is 549. The number of carbonyl (C=O) groups excluding carboxylic acids is 1. The molecule has 1 unspecified atom stereocenters. The monoisotopic (exact) mass is 303 g/mol. The molecule has 5 nitrogen and oxygen atoms in total. The zero-order valence-electron chi connectivity index (χ0n) is 10.0. The molecule has 19 heavy (non-hydrogen) atoms. The van der Waals surface area contributed by atoms with Crippen LogP contribution >= 0.6 is 23.2 Å². The van der Waals surface area contributed by atoms with Gasteiger partial charge in [0.05, 0.1) is 5.02 Å². The Kier molecular flexibility index (Phi) is 3.60. The molecular formula is C12H11Cl2NO4. The topological polar surface area (TPSA) is 66.8 Å². The van der Waals surface area contributed by atoms with Crippen LogP contribution in [0.25, 0.3) is 0 Å². The van der Waals surface area contributed by atoms with E-state index in [2.05, 4.69) is 0 Å². The van der Waals surface area contributed by atoms with Crippen molar-refractivity contribution in [2.45, 2.75) is 18.9 Å². The fourth-order valence-electron chi connectivity index (χ4n) is 1.78. The van der Waals surface area contributed by atoms with E-state index < -0.39 is 17.6 Å². The van der Waals surface area contributed by atoms with E-state index in [4.69, 9.17) is 33.0 Å². The summed E-state index contributed by atoms with van der Waals surface area (Å²) < 4.78 is 5.08. The largest absolute Gasteiger partial charge is 0.480 e. The van der Waals surface area contributed by atoms with Gasteiger partial charge >= 0.3 is 12.1 Å². The first-order valence-electron chi connectivity index (χ1n) is 5.52. The van der Waals surface area contributed by atoms with Gasteiger partial charge in [-0.15, -0.1) is 0 Å². The molecule has 1 N–H and O–H groups in total. The first-order chi connectivity index (χ1) is 8.84. The van der Waals surface area contributed by atoms with Gasteiger partial charge in [-0.05, 0) is 31.5 Å². The van der Waals surface area contributed by atoms with Crippen LogP contribution in [0, 0.1) is 0 Å². The van der Waals surface area contributed by atoms with Crippen molar-refractivity contribution in [3.8, 4) is 5.75 Å². The van der Waals surface area contributed by atoms with Crippen LogP contribution in [-0.4, -0.2) is 34.2 Å². The van der Waals surface area contributed by atoms with Gasteiger partial charge in [-0.2, -0.15) is 0 Å². The van der Waals surface area contributed by atoms with Gasteiger partial charge in [0.2, 0.25) is 0 Å². The number of nitrogens with zero attached hydrogens (tertiary/aromatic N) is 1. The molecule has 1 aliphatic rings. The molecule has 1 atom stereocenters. The SMILES string of the molecule is CC1(C(=O)O)CCN1C(=O)Oc1ccc(Cl)cc1Cl. The number of benzene rings is 1. The molecule has 2 rings (SSSR count). The molecule has 102 valence electrons. The summed E-state index contributed by atoms with van der Waals surface area (Å²) in [6.07, 6.45) is -0.341. The number of aliphatic carboxylic acids is 1. The zero-order chi connectivity index (χ0) is 14.2. The maximum absolute atomic E-state index is 11.9. The van der Waals surface area contributed by atoms with Crippen LogP contribution in [0.3, 0.4) is 0 Å². The molecule has 0 spiro atoms. The number of hydrogen-bond donors (Lipinski definition) is 1. The van der Waals surface area contributed by atoms with Crippen molar-refractivity contribution < 1.29 is 19.4 Å². The minimum absolute atomic E-state index is 0.149. The minimum Gasteiger partial charge on any atom is -0.480 e. The summed E-state index contributed by atoms with van der Waals surface area (Å²) >= 11 is 11.6. The molecule has 0 aliphatic carbocycles. The lowest BCUT2D eigenvalue weighted by molar-refractivity contribution is -0.156. The lowest BCUT2D eigenvalue weighted by atomic mass is 9.87. The third kappa shape index (κ3) is 2.48. The average molecular weight is 304 g/mol. The number of carboxylic acids is 1. The highest BCUT2D eigenvalue weighted by molar-refractivity contribution is 6.35. The molecule has 1 heterocycles. The van der Waals surface area contributed by atoms with Crippen LogP contribution in [0.4, 0.5) is 4.79 Å². The summed E-state index contributed by atoms with van der Waals surface area (Å²) in [6, 6.07) is 4.43. The van der Waals surface area contributed by atoms with Crippen LogP contribution in [0.15, 0.2) is 18.2 Å². The summed E-state index contributed by atoms with van der Waals surface area (Å²) in [6.45, 7) is 1.82. The maximum atomic E-state index is 11.9. The van der Waals surface area contributed by atoms with Gasteiger partial charge in [-0.1, -0.05) is 23.2 Å². The standard InChI is InChI=1S/C12H11Cl2NO4/c1-12(10(16)17)4-5-15(12)11(18)19-9-3-2-7(13)6-8(9)14/h2-3,6H,4-5H2,1H3,(H,16,17). The van der Waals surface area contributed by atoms with Gasteiger partial charge in [0, 0.05) is 11.6 Å². The Morgan fingerprint density at radius 1 is 1.42 bits per heavy atom. The lowest BCUT2D eigenvalue weighted by Gasteiger charge is -2.45. The molecule has 1 saturated heterocycles. The number of halogens is 2. The molecule has 0 saturated carbocycles. The first-order valence-corrected chi connectivity index (χ1v) is 6.28. The quantitative estimate of drug-likeness (QED) is 0.912. The summed E-state index contributed by atoms with van der Waals surface area (Å²) in [7, 11) is 0. The van der Waals surface area contributed by atoms with Gasteiger partial charge in [-0.3, -0.25) is 4.90 Å². The zero-order valence-corrected chi connectivity index (χ0v) is 11.5. The van der Waals surface area contributed by atoms with Crippen molar-refractivity contribution in [1.29, 1.82) is 0 Å². The van der Waals surface area contributed by atoms with Gasteiger partial charge < -0.3 is 9.84 Å². The molecule has 1 aromatic rings. The number of carbonyl (C=O) groups is 2. The van der Waals surface area contributed by atoms with Gasteiger partial charge in [0.15, 0.2) is 5.75 Å². The van der Waals surface area contributed by atoms with Crippen molar-refractivity contribution in [2.24, 2.45) is 0 Å². The van der Waals surface area contributed by atoms with Crippen LogP contribution in [0.5, 0.6) is 5.75 Å².